The molecule has 25 heavy (non-hydrogen) atoms. The van der Waals surface area contributed by atoms with Crippen LogP contribution < -0.4 is 5.32 Å². The van der Waals surface area contributed by atoms with Crippen LogP contribution in [0.25, 0.3) is 15.9 Å². The van der Waals surface area contributed by atoms with E-state index in [1.165, 1.54) is 16.9 Å². The molecule has 4 rings (SSSR count). The summed E-state index contributed by atoms with van der Waals surface area (Å²) in [5.74, 6) is 0.191. The SMILES string of the molecule is Cc1nc2ccccn2c1C(=O)Nc1nc2c(C(C)C)cccc2s1. The van der Waals surface area contributed by atoms with Crippen molar-refractivity contribution in [3.05, 3.63) is 59.5 Å². The lowest BCUT2D eigenvalue weighted by atomic mass is 10.0. The monoisotopic (exact) mass is 350 g/mol. The maximum absolute atomic E-state index is 12.8. The molecular formula is C19H18N4OS. The normalized spacial score (nSPS) is 11.5. The van der Waals surface area contributed by atoms with E-state index in [1.54, 1.807) is 4.40 Å². The summed E-state index contributed by atoms with van der Waals surface area (Å²) in [6, 6.07) is 11.8. The van der Waals surface area contributed by atoms with Crippen molar-refractivity contribution in [2.24, 2.45) is 0 Å². The third kappa shape index (κ3) is 2.68. The number of nitrogens with zero attached hydrogens (tertiary/aromatic N) is 3. The predicted octanol–water partition coefficient (Wildman–Crippen LogP) is 4.63. The zero-order valence-corrected chi connectivity index (χ0v) is 15.1. The van der Waals surface area contributed by atoms with Crippen LogP contribution >= 0.6 is 11.3 Å². The minimum atomic E-state index is -0.193. The first-order valence-electron chi connectivity index (χ1n) is 8.19. The van der Waals surface area contributed by atoms with Gasteiger partial charge in [-0.3, -0.25) is 14.5 Å². The van der Waals surface area contributed by atoms with Crippen molar-refractivity contribution in [2.75, 3.05) is 5.32 Å². The third-order valence-corrected chi connectivity index (χ3v) is 5.15. The predicted molar refractivity (Wildman–Crippen MR) is 102 cm³/mol. The molecule has 0 radical (unpaired) electrons. The number of thiazole rings is 1. The van der Waals surface area contributed by atoms with Crippen LogP contribution in [0.4, 0.5) is 5.13 Å². The minimum absolute atomic E-state index is 0.193. The van der Waals surface area contributed by atoms with Crippen molar-refractivity contribution in [2.45, 2.75) is 26.7 Å². The van der Waals surface area contributed by atoms with E-state index in [1.807, 2.05) is 43.5 Å². The Morgan fingerprint density at radius 3 is 2.80 bits per heavy atom. The van der Waals surface area contributed by atoms with Gasteiger partial charge < -0.3 is 0 Å². The van der Waals surface area contributed by atoms with Gasteiger partial charge in [-0.1, -0.05) is 43.4 Å². The highest BCUT2D eigenvalue weighted by Crippen LogP contribution is 2.31. The van der Waals surface area contributed by atoms with Gasteiger partial charge in [0.05, 0.1) is 15.9 Å². The molecule has 3 aromatic heterocycles. The lowest BCUT2D eigenvalue weighted by Crippen LogP contribution is -2.15. The van der Waals surface area contributed by atoms with Crippen LogP contribution in [-0.2, 0) is 0 Å². The van der Waals surface area contributed by atoms with E-state index in [9.17, 15) is 4.79 Å². The first-order chi connectivity index (χ1) is 12.0. The fourth-order valence-corrected chi connectivity index (χ4v) is 3.93. The number of amides is 1. The van der Waals surface area contributed by atoms with E-state index >= 15 is 0 Å². The van der Waals surface area contributed by atoms with Crippen molar-refractivity contribution in [1.82, 2.24) is 14.4 Å². The topological polar surface area (TPSA) is 59.3 Å². The van der Waals surface area contributed by atoms with Gasteiger partial charge in [-0.2, -0.15) is 0 Å². The van der Waals surface area contributed by atoms with Crippen LogP contribution in [0.15, 0.2) is 42.6 Å². The first kappa shape index (κ1) is 15.8. The molecule has 0 aliphatic heterocycles. The van der Waals surface area contributed by atoms with Gasteiger partial charge in [0, 0.05) is 6.20 Å². The molecule has 0 bridgehead atoms. The van der Waals surface area contributed by atoms with Crippen LogP contribution in [0.2, 0.25) is 0 Å². The Balaban J connectivity index is 1.72. The molecular weight excluding hydrogens is 332 g/mol. The largest absolute Gasteiger partial charge is 0.296 e. The molecule has 0 saturated carbocycles. The van der Waals surface area contributed by atoms with Crippen molar-refractivity contribution in [3.8, 4) is 0 Å². The second-order valence-corrected chi connectivity index (χ2v) is 7.33. The quantitative estimate of drug-likeness (QED) is 0.586. The fourth-order valence-electron chi connectivity index (χ4n) is 3.03. The molecule has 0 atom stereocenters. The number of imidazole rings is 1. The zero-order valence-electron chi connectivity index (χ0n) is 14.3. The Kier molecular flexibility index (Phi) is 3.77. The number of benzene rings is 1. The summed E-state index contributed by atoms with van der Waals surface area (Å²) in [5.41, 5.74) is 4.16. The highest BCUT2D eigenvalue weighted by Gasteiger charge is 2.18. The Morgan fingerprint density at radius 1 is 1.16 bits per heavy atom. The number of carbonyl (C=O) groups excluding carboxylic acids is 1. The summed E-state index contributed by atoms with van der Waals surface area (Å²) in [5, 5.41) is 3.55. The molecule has 0 unspecified atom stereocenters. The Morgan fingerprint density at radius 2 is 2.00 bits per heavy atom. The van der Waals surface area contributed by atoms with E-state index < -0.39 is 0 Å². The average Bonchev–Trinajstić information content (AvgIpc) is 3.13. The maximum atomic E-state index is 12.8. The number of hydrogen-bond acceptors (Lipinski definition) is 4. The van der Waals surface area contributed by atoms with E-state index in [0.29, 0.717) is 22.4 Å². The van der Waals surface area contributed by atoms with Crippen molar-refractivity contribution < 1.29 is 4.79 Å². The number of fused-ring (bicyclic) bond motifs is 2. The molecule has 3 heterocycles. The molecule has 0 aliphatic rings. The number of rotatable bonds is 3. The second kappa shape index (κ2) is 5.97. The summed E-state index contributed by atoms with van der Waals surface area (Å²) in [7, 11) is 0. The summed E-state index contributed by atoms with van der Waals surface area (Å²) < 4.78 is 2.88. The average molecular weight is 350 g/mol. The number of aryl methyl sites for hydroxylation is 1. The molecule has 1 amide bonds. The second-order valence-electron chi connectivity index (χ2n) is 6.30. The zero-order chi connectivity index (χ0) is 17.6. The molecule has 0 saturated heterocycles. The van der Waals surface area contributed by atoms with Crippen LogP contribution in [0.3, 0.4) is 0 Å². The van der Waals surface area contributed by atoms with Gasteiger partial charge in [-0.25, -0.2) is 9.97 Å². The lowest BCUT2D eigenvalue weighted by molar-refractivity contribution is 0.102. The standard InChI is InChI=1S/C19H18N4OS/c1-11(2)13-7-6-8-14-16(13)21-19(25-14)22-18(24)17-12(3)20-15-9-4-5-10-23(15)17/h4-11H,1-3H3,(H,21,22,24). The highest BCUT2D eigenvalue weighted by atomic mass is 32.1. The highest BCUT2D eigenvalue weighted by molar-refractivity contribution is 7.22. The molecule has 1 N–H and O–H groups in total. The Bertz CT molecular complexity index is 1090. The first-order valence-corrected chi connectivity index (χ1v) is 9.00. The molecule has 1 aromatic carbocycles. The third-order valence-electron chi connectivity index (χ3n) is 4.21. The van der Waals surface area contributed by atoms with E-state index in [2.05, 4.69) is 35.2 Å². The number of aromatic nitrogens is 3. The summed E-state index contributed by atoms with van der Waals surface area (Å²) in [4.78, 5) is 21.9. The lowest BCUT2D eigenvalue weighted by Gasteiger charge is -2.05. The van der Waals surface area contributed by atoms with E-state index in [4.69, 9.17) is 0 Å². The van der Waals surface area contributed by atoms with Crippen molar-refractivity contribution >= 4 is 38.2 Å². The smallest absolute Gasteiger partial charge is 0.276 e. The van der Waals surface area contributed by atoms with E-state index in [-0.39, 0.29) is 5.91 Å². The van der Waals surface area contributed by atoms with Gasteiger partial charge in [0.1, 0.15) is 11.3 Å². The fraction of sp³-hybridized carbons (Fsp3) is 0.211. The van der Waals surface area contributed by atoms with Gasteiger partial charge in [0.2, 0.25) is 0 Å². The molecule has 6 heteroatoms. The van der Waals surface area contributed by atoms with Crippen molar-refractivity contribution in [1.29, 1.82) is 0 Å². The number of para-hydroxylation sites is 1. The van der Waals surface area contributed by atoms with Gasteiger partial charge in [-0.15, -0.1) is 0 Å². The summed E-state index contributed by atoms with van der Waals surface area (Å²) in [6.07, 6.45) is 1.85. The van der Waals surface area contributed by atoms with Crippen LogP contribution in [-0.4, -0.2) is 20.3 Å². The van der Waals surface area contributed by atoms with Crippen molar-refractivity contribution in [3.63, 3.8) is 0 Å². The van der Waals surface area contributed by atoms with Crippen LogP contribution in [0.1, 0.15) is 41.5 Å². The van der Waals surface area contributed by atoms with Gasteiger partial charge in [0.25, 0.3) is 5.91 Å². The maximum Gasteiger partial charge on any atom is 0.276 e. The number of carbonyl (C=O) groups is 1. The molecule has 4 aromatic rings. The Labute approximate surface area is 149 Å². The number of pyridine rings is 1. The Hall–Kier alpha value is -2.73. The number of nitrogens with one attached hydrogen (secondary N) is 1. The number of hydrogen-bond donors (Lipinski definition) is 1. The van der Waals surface area contributed by atoms with Gasteiger partial charge >= 0.3 is 0 Å². The molecule has 126 valence electrons. The van der Waals surface area contributed by atoms with Crippen LogP contribution in [0, 0.1) is 6.92 Å². The molecule has 5 nitrogen and oxygen atoms in total. The van der Waals surface area contributed by atoms with Gasteiger partial charge in [-0.05, 0) is 36.6 Å². The minimum Gasteiger partial charge on any atom is -0.296 e. The van der Waals surface area contributed by atoms with E-state index in [0.717, 1.165) is 15.9 Å². The summed E-state index contributed by atoms with van der Waals surface area (Å²) >= 11 is 1.49. The number of anilines is 1. The molecule has 0 spiro atoms. The summed E-state index contributed by atoms with van der Waals surface area (Å²) in [6.45, 7) is 6.14. The van der Waals surface area contributed by atoms with Crippen LogP contribution in [0.5, 0.6) is 0 Å². The van der Waals surface area contributed by atoms with Gasteiger partial charge in [0.15, 0.2) is 5.13 Å². The molecule has 0 aliphatic carbocycles. The molecule has 0 fully saturated rings.